The molecule has 2 aromatic rings. The van der Waals surface area contributed by atoms with Gasteiger partial charge >= 0.3 is 0 Å². The Bertz CT molecular complexity index is 564. The van der Waals surface area contributed by atoms with Gasteiger partial charge in [-0.3, -0.25) is 4.98 Å². The van der Waals surface area contributed by atoms with Gasteiger partial charge in [-0.15, -0.1) is 0 Å². The summed E-state index contributed by atoms with van der Waals surface area (Å²) in [5.41, 5.74) is 0.920. The first-order valence-electron chi connectivity index (χ1n) is 6.35. The molecule has 0 amide bonds. The molecule has 0 aliphatic carbocycles. The minimum atomic E-state index is 0.0532. The average Bonchev–Trinajstić information content (AvgIpc) is 2.81. The van der Waals surface area contributed by atoms with Gasteiger partial charge in [0.1, 0.15) is 12.4 Å². The first kappa shape index (κ1) is 15.0. The molecule has 5 nitrogen and oxygen atoms in total. The van der Waals surface area contributed by atoms with E-state index in [0.29, 0.717) is 24.7 Å². The summed E-state index contributed by atoms with van der Waals surface area (Å²) in [4.78, 5) is 4.03. The van der Waals surface area contributed by atoms with Crippen molar-refractivity contribution in [2.75, 3.05) is 0 Å². The Morgan fingerprint density at radius 2 is 2.10 bits per heavy atom. The topological polar surface area (TPSA) is 60.2 Å². The summed E-state index contributed by atoms with van der Waals surface area (Å²) in [7, 11) is 0. The second kappa shape index (κ2) is 6.37. The Morgan fingerprint density at radius 3 is 2.80 bits per heavy atom. The summed E-state index contributed by atoms with van der Waals surface area (Å²) in [6.07, 6.45) is 3.36. The van der Waals surface area contributed by atoms with Crippen LogP contribution in [0.15, 0.2) is 33.5 Å². The molecule has 0 radical (unpaired) electrons. The Hall–Kier alpha value is -1.40. The molecule has 0 unspecified atom stereocenters. The maximum absolute atomic E-state index is 5.58. The molecule has 2 heterocycles. The number of aromatic nitrogens is 2. The van der Waals surface area contributed by atoms with E-state index in [2.05, 4.69) is 52.2 Å². The summed E-state index contributed by atoms with van der Waals surface area (Å²) >= 11 is 3.34. The van der Waals surface area contributed by atoms with E-state index >= 15 is 0 Å². The summed E-state index contributed by atoms with van der Waals surface area (Å²) in [6, 6.07) is 3.75. The highest BCUT2D eigenvalue weighted by atomic mass is 79.9. The predicted molar refractivity (Wildman–Crippen MR) is 79.4 cm³/mol. The molecule has 0 saturated heterocycles. The number of nitrogens with one attached hydrogen (secondary N) is 1. The van der Waals surface area contributed by atoms with Crippen LogP contribution in [0.5, 0.6) is 5.75 Å². The van der Waals surface area contributed by atoms with Gasteiger partial charge in [0.25, 0.3) is 0 Å². The molecule has 0 atom stereocenters. The molecule has 0 aliphatic rings. The summed E-state index contributed by atoms with van der Waals surface area (Å²) < 4.78 is 11.7. The van der Waals surface area contributed by atoms with Crippen LogP contribution in [0.3, 0.4) is 0 Å². The fraction of sp³-hybridized carbons (Fsp3) is 0.429. The van der Waals surface area contributed by atoms with Crippen LogP contribution in [0.4, 0.5) is 0 Å². The van der Waals surface area contributed by atoms with Crippen LogP contribution in [0.2, 0.25) is 0 Å². The minimum Gasteiger partial charge on any atom is -0.484 e. The Kier molecular flexibility index (Phi) is 4.77. The van der Waals surface area contributed by atoms with Crippen LogP contribution in [0.25, 0.3) is 0 Å². The highest BCUT2D eigenvalue weighted by molar-refractivity contribution is 9.10. The fourth-order valence-corrected chi connectivity index (χ4v) is 1.83. The molecule has 6 heteroatoms. The van der Waals surface area contributed by atoms with Crippen LogP contribution in [0.1, 0.15) is 32.2 Å². The molecule has 0 spiro atoms. The number of nitrogens with zero attached hydrogens (tertiary/aromatic N) is 2. The number of rotatable bonds is 5. The fourth-order valence-electron chi connectivity index (χ4n) is 1.49. The smallest absolute Gasteiger partial charge is 0.174 e. The first-order chi connectivity index (χ1) is 9.42. The molecule has 20 heavy (non-hydrogen) atoms. The minimum absolute atomic E-state index is 0.0532. The third-order valence-corrected chi connectivity index (χ3v) is 2.90. The van der Waals surface area contributed by atoms with Gasteiger partial charge in [-0.25, -0.2) is 0 Å². The third-order valence-electron chi connectivity index (χ3n) is 2.47. The van der Waals surface area contributed by atoms with Crippen LogP contribution in [-0.4, -0.2) is 15.7 Å². The zero-order valence-corrected chi connectivity index (χ0v) is 13.4. The largest absolute Gasteiger partial charge is 0.484 e. The van der Waals surface area contributed by atoms with Gasteiger partial charge in [0.2, 0.25) is 0 Å². The van der Waals surface area contributed by atoms with Gasteiger partial charge in [-0.1, -0.05) is 5.16 Å². The van der Waals surface area contributed by atoms with Gasteiger partial charge in [0.15, 0.2) is 5.76 Å². The van der Waals surface area contributed by atoms with Crippen molar-refractivity contribution < 1.29 is 9.26 Å². The number of halogens is 1. The molecule has 0 aliphatic heterocycles. The summed E-state index contributed by atoms with van der Waals surface area (Å²) in [6.45, 7) is 7.33. The maximum atomic E-state index is 5.58. The van der Waals surface area contributed by atoms with Crippen LogP contribution in [0, 0.1) is 0 Å². The van der Waals surface area contributed by atoms with Gasteiger partial charge in [-0.05, 0) is 42.8 Å². The van der Waals surface area contributed by atoms with E-state index in [1.807, 2.05) is 12.1 Å². The van der Waals surface area contributed by atoms with Crippen molar-refractivity contribution >= 4 is 15.9 Å². The van der Waals surface area contributed by atoms with Crippen LogP contribution < -0.4 is 10.1 Å². The molecule has 2 rings (SSSR count). The van der Waals surface area contributed by atoms with Crippen molar-refractivity contribution in [3.63, 3.8) is 0 Å². The normalized spacial score (nSPS) is 11.6. The molecule has 0 aromatic carbocycles. The van der Waals surface area contributed by atoms with Crippen LogP contribution in [-0.2, 0) is 13.2 Å². The lowest BCUT2D eigenvalue weighted by Crippen LogP contribution is -2.35. The standard InChI is InChI=1S/C14H18BrN3O2/c1-14(2,3)17-7-11-5-13(20-18-11)9-19-12-4-10(15)6-16-8-12/h4-6,8,17H,7,9H2,1-3H3. The van der Waals surface area contributed by atoms with E-state index in [1.165, 1.54) is 0 Å². The molecule has 0 fully saturated rings. The SMILES string of the molecule is CC(C)(C)NCc1cc(COc2cncc(Br)c2)on1. The van der Waals surface area contributed by atoms with E-state index in [9.17, 15) is 0 Å². The van der Waals surface area contributed by atoms with Crippen molar-refractivity contribution in [2.45, 2.75) is 39.5 Å². The summed E-state index contributed by atoms with van der Waals surface area (Å²) in [5, 5.41) is 7.36. The highest BCUT2D eigenvalue weighted by Gasteiger charge is 2.11. The van der Waals surface area contributed by atoms with Crippen molar-refractivity contribution in [2.24, 2.45) is 0 Å². The lowest BCUT2D eigenvalue weighted by atomic mass is 10.1. The first-order valence-corrected chi connectivity index (χ1v) is 7.14. The zero-order chi connectivity index (χ0) is 14.6. The number of hydrogen-bond donors (Lipinski definition) is 1. The monoisotopic (exact) mass is 339 g/mol. The molecule has 0 saturated carbocycles. The van der Waals surface area contributed by atoms with E-state index in [-0.39, 0.29) is 5.54 Å². The van der Waals surface area contributed by atoms with Crippen molar-refractivity contribution in [1.82, 2.24) is 15.5 Å². The lowest BCUT2D eigenvalue weighted by Gasteiger charge is -2.19. The molecule has 2 aromatic heterocycles. The van der Waals surface area contributed by atoms with Crippen molar-refractivity contribution in [1.29, 1.82) is 0 Å². The quantitative estimate of drug-likeness (QED) is 0.905. The molecule has 0 bridgehead atoms. The van der Waals surface area contributed by atoms with E-state index in [0.717, 1.165) is 10.2 Å². The Balaban J connectivity index is 1.87. The third kappa shape index (κ3) is 4.94. The Labute approximate surface area is 126 Å². The van der Waals surface area contributed by atoms with Gasteiger partial charge in [-0.2, -0.15) is 0 Å². The molecule has 108 valence electrons. The number of ether oxygens (including phenoxy) is 1. The number of pyridine rings is 1. The maximum Gasteiger partial charge on any atom is 0.174 e. The Morgan fingerprint density at radius 1 is 1.30 bits per heavy atom. The zero-order valence-electron chi connectivity index (χ0n) is 11.8. The lowest BCUT2D eigenvalue weighted by molar-refractivity contribution is 0.247. The van der Waals surface area contributed by atoms with Gasteiger partial charge < -0.3 is 14.6 Å². The molecule has 1 N–H and O–H groups in total. The predicted octanol–water partition coefficient (Wildman–Crippen LogP) is 3.30. The van der Waals surface area contributed by atoms with Gasteiger partial charge in [0, 0.05) is 28.8 Å². The highest BCUT2D eigenvalue weighted by Crippen LogP contribution is 2.17. The number of hydrogen-bond acceptors (Lipinski definition) is 5. The molecular weight excluding hydrogens is 322 g/mol. The second-order valence-corrected chi connectivity index (χ2v) is 6.43. The van der Waals surface area contributed by atoms with E-state index in [1.54, 1.807) is 12.4 Å². The average molecular weight is 340 g/mol. The van der Waals surface area contributed by atoms with E-state index < -0.39 is 0 Å². The second-order valence-electron chi connectivity index (χ2n) is 5.52. The van der Waals surface area contributed by atoms with Crippen molar-refractivity contribution in [3.05, 3.63) is 40.5 Å². The van der Waals surface area contributed by atoms with Crippen LogP contribution >= 0.6 is 15.9 Å². The van der Waals surface area contributed by atoms with E-state index in [4.69, 9.17) is 9.26 Å². The van der Waals surface area contributed by atoms with Crippen molar-refractivity contribution in [3.8, 4) is 5.75 Å². The van der Waals surface area contributed by atoms with Gasteiger partial charge in [0.05, 0.1) is 11.9 Å². The molecular formula is C14H18BrN3O2. The summed E-state index contributed by atoms with van der Waals surface area (Å²) in [5.74, 6) is 1.38.